The van der Waals surface area contributed by atoms with Crippen LogP contribution in [0.25, 0.3) is 10.9 Å². The number of aromatic nitrogens is 1. The van der Waals surface area contributed by atoms with Crippen molar-refractivity contribution in [3.63, 3.8) is 0 Å². The van der Waals surface area contributed by atoms with E-state index in [2.05, 4.69) is 23.3 Å². The first-order valence-electron chi connectivity index (χ1n) is 6.91. The van der Waals surface area contributed by atoms with Crippen molar-refractivity contribution >= 4 is 16.8 Å². The third-order valence-corrected chi connectivity index (χ3v) is 3.77. The molecular formula is C16H19N3O. The molecule has 2 heterocycles. The van der Waals surface area contributed by atoms with Gasteiger partial charge < -0.3 is 4.90 Å². The number of aryl methyl sites for hydroxylation is 1. The van der Waals surface area contributed by atoms with E-state index in [1.807, 2.05) is 42.2 Å². The number of nitrogens with zero attached hydrogens (tertiary/aromatic N) is 2. The van der Waals surface area contributed by atoms with Gasteiger partial charge in [-0.15, -0.1) is 0 Å². The molecule has 104 valence electrons. The fraction of sp³-hybridized carbons (Fsp3) is 0.312. The zero-order valence-electron chi connectivity index (χ0n) is 11.9. The van der Waals surface area contributed by atoms with Crippen molar-refractivity contribution in [1.29, 1.82) is 0 Å². The molecule has 3 rings (SSSR count). The molecule has 0 aliphatic carbocycles. The predicted octanol–water partition coefficient (Wildman–Crippen LogP) is 2.28. The van der Waals surface area contributed by atoms with Gasteiger partial charge in [-0.05, 0) is 32.0 Å². The molecule has 0 unspecified atom stereocenters. The number of fused-ring (bicyclic) bond motifs is 1. The molecule has 1 aromatic carbocycles. The molecule has 1 aliphatic heterocycles. The maximum absolute atomic E-state index is 12.3. The van der Waals surface area contributed by atoms with E-state index in [4.69, 9.17) is 0 Å². The average molecular weight is 269 g/mol. The van der Waals surface area contributed by atoms with Crippen molar-refractivity contribution < 1.29 is 4.79 Å². The number of carbonyl (C=O) groups excluding carboxylic acids is 1. The van der Waals surface area contributed by atoms with Crippen LogP contribution in [-0.4, -0.2) is 35.6 Å². The van der Waals surface area contributed by atoms with Gasteiger partial charge in [0.1, 0.15) is 0 Å². The minimum Gasteiger partial charge on any atom is -0.302 e. The zero-order chi connectivity index (χ0) is 14.1. The molecule has 0 fully saturated rings. The Bertz CT molecular complexity index is 684. The quantitative estimate of drug-likeness (QED) is 0.908. The van der Waals surface area contributed by atoms with E-state index in [-0.39, 0.29) is 5.91 Å². The standard InChI is InChI=1S/C16H19N3O/c1-12-10-19(15-8-4-3-7-14(12)15)17-16(20)13-6-5-9-18(2)11-13/h3-4,6-8,10H,5,9,11H2,1-2H3,(H,17,20). The van der Waals surface area contributed by atoms with Crippen LogP contribution in [-0.2, 0) is 4.79 Å². The Labute approximate surface area is 118 Å². The molecule has 0 spiro atoms. The summed E-state index contributed by atoms with van der Waals surface area (Å²) in [5, 5.41) is 1.17. The molecule has 2 aromatic rings. The number of hydrogen-bond acceptors (Lipinski definition) is 2. The summed E-state index contributed by atoms with van der Waals surface area (Å²) in [4.78, 5) is 14.5. The van der Waals surface area contributed by atoms with Gasteiger partial charge in [-0.2, -0.15) is 0 Å². The number of likely N-dealkylation sites (N-methyl/N-ethyl adjacent to an activating group) is 1. The van der Waals surface area contributed by atoms with Crippen molar-refractivity contribution in [3.8, 4) is 0 Å². The summed E-state index contributed by atoms with van der Waals surface area (Å²) in [6, 6.07) is 8.09. The van der Waals surface area contributed by atoms with Crippen LogP contribution in [0.5, 0.6) is 0 Å². The smallest absolute Gasteiger partial charge is 0.267 e. The van der Waals surface area contributed by atoms with Crippen molar-refractivity contribution in [2.24, 2.45) is 0 Å². The van der Waals surface area contributed by atoms with Gasteiger partial charge in [0.05, 0.1) is 5.52 Å². The molecule has 1 N–H and O–H groups in total. The largest absolute Gasteiger partial charge is 0.302 e. The van der Waals surface area contributed by atoms with Crippen LogP contribution < -0.4 is 5.43 Å². The monoisotopic (exact) mass is 269 g/mol. The number of hydrogen-bond donors (Lipinski definition) is 1. The number of rotatable bonds is 2. The van der Waals surface area contributed by atoms with Crippen LogP contribution in [0.3, 0.4) is 0 Å². The van der Waals surface area contributed by atoms with E-state index in [9.17, 15) is 4.79 Å². The Kier molecular flexibility index (Phi) is 3.32. The molecule has 20 heavy (non-hydrogen) atoms. The van der Waals surface area contributed by atoms with Crippen LogP contribution in [0, 0.1) is 6.92 Å². The molecule has 0 saturated carbocycles. The summed E-state index contributed by atoms with van der Waals surface area (Å²) in [6.45, 7) is 3.78. The van der Waals surface area contributed by atoms with Crippen LogP contribution in [0.15, 0.2) is 42.1 Å². The fourth-order valence-electron chi connectivity index (χ4n) is 2.68. The Hall–Kier alpha value is -2.07. The number of para-hydroxylation sites is 1. The molecule has 0 radical (unpaired) electrons. The number of nitrogens with one attached hydrogen (secondary N) is 1. The summed E-state index contributed by atoms with van der Waals surface area (Å²) in [6.07, 6.45) is 4.94. The lowest BCUT2D eigenvalue weighted by Crippen LogP contribution is -2.33. The highest BCUT2D eigenvalue weighted by atomic mass is 16.2. The normalized spacial score (nSPS) is 16.2. The van der Waals surface area contributed by atoms with E-state index in [1.165, 1.54) is 5.39 Å². The Morgan fingerprint density at radius 3 is 2.90 bits per heavy atom. The van der Waals surface area contributed by atoms with Crippen LogP contribution in [0.2, 0.25) is 0 Å². The van der Waals surface area contributed by atoms with Gasteiger partial charge in [0.2, 0.25) is 0 Å². The SMILES string of the molecule is Cc1cn(NC(=O)C2=CCCN(C)C2)c2ccccc12. The van der Waals surface area contributed by atoms with Crippen LogP contribution in [0.4, 0.5) is 0 Å². The lowest BCUT2D eigenvalue weighted by atomic mass is 10.1. The van der Waals surface area contributed by atoms with Gasteiger partial charge >= 0.3 is 0 Å². The molecule has 0 bridgehead atoms. The summed E-state index contributed by atoms with van der Waals surface area (Å²) in [7, 11) is 2.04. The van der Waals surface area contributed by atoms with Gasteiger partial charge in [0, 0.05) is 30.2 Å². The maximum atomic E-state index is 12.3. The minimum atomic E-state index is -0.0164. The third kappa shape index (κ3) is 2.34. The van der Waals surface area contributed by atoms with Crippen molar-refractivity contribution in [3.05, 3.63) is 47.7 Å². The molecule has 0 saturated heterocycles. The first-order valence-corrected chi connectivity index (χ1v) is 6.91. The second-order valence-corrected chi connectivity index (χ2v) is 5.40. The van der Waals surface area contributed by atoms with Gasteiger partial charge in [0.25, 0.3) is 5.91 Å². The topological polar surface area (TPSA) is 37.3 Å². The molecular weight excluding hydrogens is 250 g/mol. The first kappa shape index (κ1) is 12.9. The number of amides is 1. The Morgan fingerprint density at radius 1 is 1.30 bits per heavy atom. The second-order valence-electron chi connectivity index (χ2n) is 5.40. The maximum Gasteiger partial charge on any atom is 0.267 e. The van der Waals surface area contributed by atoms with Gasteiger partial charge in [0.15, 0.2) is 0 Å². The second kappa shape index (κ2) is 5.13. The first-order chi connectivity index (χ1) is 9.65. The summed E-state index contributed by atoms with van der Waals surface area (Å²) >= 11 is 0. The lowest BCUT2D eigenvalue weighted by molar-refractivity contribution is -0.114. The van der Waals surface area contributed by atoms with Crippen molar-refractivity contribution in [1.82, 2.24) is 9.58 Å². The van der Waals surface area contributed by atoms with E-state index < -0.39 is 0 Å². The predicted molar refractivity (Wildman–Crippen MR) is 81.2 cm³/mol. The van der Waals surface area contributed by atoms with E-state index in [1.54, 1.807) is 0 Å². The minimum absolute atomic E-state index is 0.0164. The van der Waals surface area contributed by atoms with Crippen molar-refractivity contribution in [2.75, 3.05) is 25.6 Å². The summed E-state index contributed by atoms with van der Waals surface area (Å²) < 4.78 is 1.82. The molecule has 0 atom stereocenters. The summed E-state index contributed by atoms with van der Waals surface area (Å²) in [5.41, 5.74) is 6.01. The highest BCUT2D eigenvalue weighted by Crippen LogP contribution is 2.19. The Balaban J connectivity index is 1.86. The van der Waals surface area contributed by atoms with E-state index in [0.29, 0.717) is 6.54 Å². The Morgan fingerprint density at radius 2 is 2.10 bits per heavy atom. The number of benzene rings is 1. The van der Waals surface area contributed by atoms with Crippen LogP contribution in [0.1, 0.15) is 12.0 Å². The molecule has 1 aromatic heterocycles. The van der Waals surface area contributed by atoms with E-state index in [0.717, 1.165) is 29.6 Å². The van der Waals surface area contributed by atoms with Gasteiger partial charge in [-0.1, -0.05) is 24.3 Å². The van der Waals surface area contributed by atoms with Crippen LogP contribution >= 0.6 is 0 Å². The van der Waals surface area contributed by atoms with Crippen molar-refractivity contribution in [2.45, 2.75) is 13.3 Å². The van der Waals surface area contributed by atoms with Gasteiger partial charge in [-0.3, -0.25) is 14.9 Å². The fourth-order valence-corrected chi connectivity index (χ4v) is 2.68. The molecule has 4 heteroatoms. The van der Waals surface area contributed by atoms with Gasteiger partial charge in [-0.25, -0.2) is 0 Å². The molecule has 1 aliphatic rings. The molecule has 4 nitrogen and oxygen atoms in total. The summed E-state index contributed by atoms with van der Waals surface area (Å²) in [5.74, 6) is -0.0164. The zero-order valence-corrected chi connectivity index (χ0v) is 11.9. The third-order valence-electron chi connectivity index (χ3n) is 3.77. The highest BCUT2D eigenvalue weighted by Gasteiger charge is 2.16. The highest BCUT2D eigenvalue weighted by molar-refractivity contribution is 6.01. The number of carbonyl (C=O) groups is 1. The molecule has 1 amide bonds. The lowest BCUT2D eigenvalue weighted by Gasteiger charge is -2.22. The average Bonchev–Trinajstić information content (AvgIpc) is 2.76. The van der Waals surface area contributed by atoms with E-state index >= 15 is 0 Å².